The third-order valence-electron chi connectivity index (χ3n) is 2.19. The molecule has 0 radical (unpaired) electrons. The summed E-state index contributed by atoms with van der Waals surface area (Å²) in [5.74, 6) is -0.218. The van der Waals surface area contributed by atoms with Crippen LogP contribution in [0, 0.1) is 0 Å². The summed E-state index contributed by atoms with van der Waals surface area (Å²) < 4.78 is 9.83. The molecule has 0 saturated heterocycles. The summed E-state index contributed by atoms with van der Waals surface area (Å²) in [6.45, 7) is 1.32. The Kier molecular flexibility index (Phi) is 1.73. The first kappa shape index (κ1) is 7.55. The van der Waals surface area contributed by atoms with E-state index in [1.807, 2.05) is 6.08 Å². The third kappa shape index (κ3) is 1.06. The highest BCUT2D eigenvalue weighted by atomic mass is 16.5. The molecule has 0 aromatic rings. The van der Waals surface area contributed by atoms with E-state index in [0.29, 0.717) is 19.6 Å². The van der Waals surface area contributed by atoms with Crippen molar-refractivity contribution in [3.05, 3.63) is 22.8 Å². The van der Waals surface area contributed by atoms with Crippen LogP contribution in [0.3, 0.4) is 0 Å². The molecule has 0 saturated carbocycles. The van der Waals surface area contributed by atoms with E-state index in [4.69, 9.17) is 4.74 Å². The van der Waals surface area contributed by atoms with Crippen LogP contribution < -0.4 is 0 Å². The summed E-state index contributed by atoms with van der Waals surface area (Å²) in [5, 5.41) is 0. The molecule has 3 nitrogen and oxygen atoms in total. The summed E-state index contributed by atoms with van der Waals surface area (Å²) in [7, 11) is 1.41. The van der Waals surface area contributed by atoms with Gasteiger partial charge in [-0.2, -0.15) is 0 Å². The molecule has 64 valence electrons. The Labute approximate surface area is 70.7 Å². The molecule has 2 aliphatic rings. The molecule has 0 N–H and O–H groups in total. The quantitative estimate of drug-likeness (QED) is 0.541. The maximum absolute atomic E-state index is 11.1. The minimum Gasteiger partial charge on any atom is -0.466 e. The molecule has 0 atom stereocenters. The highest BCUT2D eigenvalue weighted by Crippen LogP contribution is 2.30. The molecule has 3 heteroatoms. The lowest BCUT2D eigenvalue weighted by Gasteiger charge is -2.01. The largest absolute Gasteiger partial charge is 0.466 e. The second kappa shape index (κ2) is 2.75. The maximum Gasteiger partial charge on any atom is 0.334 e. The van der Waals surface area contributed by atoms with Gasteiger partial charge in [-0.05, 0) is 17.2 Å². The Bertz CT molecular complexity index is 286. The van der Waals surface area contributed by atoms with Crippen molar-refractivity contribution < 1.29 is 14.3 Å². The molecule has 0 fully saturated rings. The number of esters is 1. The van der Waals surface area contributed by atoms with Crippen LogP contribution in [-0.2, 0) is 14.3 Å². The van der Waals surface area contributed by atoms with Gasteiger partial charge in [0.15, 0.2) is 0 Å². The molecule has 0 bridgehead atoms. The van der Waals surface area contributed by atoms with E-state index in [2.05, 4.69) is 4.74 Å². The van der Waals surface area contributed by atoms with Gasteiger partial charge in [0, 0.05) is 12.0 Å². The van der Waals surface area contributed by atoms with Crippen LogP contribution in [0.2, 0.25) is 0 Å². The molecular formula is C9H10O3. The first-order valence-electron chi connectivity index (χ1n) is 3.89. The van der Waals surface area contributed by atoms with Gasteiger partial charge in [-0.25, -0.2) is 4.79 Å². The molecular weight excluding hydrogens is 156 g/mol. The molecule has 0 unspecified atom stereocenters. The van der Waals surface area contributed by atoms with Gasteiger partial charge in [0.2, 0.25) is 0 Å². The van der Waals surface area contributed by atoms with Gasteiger partial charge in [0.1, 0.15) is 0 Å². The zero-order valence-electron chi connectivity index (χ0n) is 6.92. The fourth-order valence-electron chi connectivity index (χ4n) is 1.54. The van der Waals surface area contributed by atoms with Crippen LogP contribution in [0.25, 0.3) is 0 Å². The maximum atomic E-state index is 11.1. The van der Waals surface area contributed by atoms with Crippen LogP contribution in [0.4, 0.5) is 0 Å². The lowest BCUT2D eigenvalue weighted by atomic mass is 10.1. The van der Waals surface area contributed by atoms with E-state index in [-0.39, 0.29) is 5.97 Å². The predicted molar refractivity (Wildman–Crippen MR) is 42.6 cm³/mol. The van der Waals surface area contributed by atoms with E-state index in [1.165, 1.54) is 12.7 Å². The number of hydrogen-bond donors (Lipinski definition) is 0. The second-order valence-corrected chi connectivity index (χ2v) is 2.96. The van der Waals surface area contributed by atoms with Crippen molar-refractivity contribution in [2.75, 3.05) is 20.3 Å². The van der Waals surface area contributed by atoms with Crippen LogP contribution in [0.5, 0.6) is 0 Å². The van der Waals surface area contributed by atoms with Crippen LogP contribution >= 0.6 is 0 Å². The monoisotopic (exact) mass is 166 g/mol. The Morgan fingerprint density at radius 3 is 3.08 bits per heavy atom. The number of ether oxygens (including phenoxy) is 2. The van der Waals surface area contributed by atoms with E-state index in [9.17, 15) is 4.79 Å². The van der Waals surface area contributed by atoms with Crippen molar-refractivity contribution in [2.45, 2.75) is 6.42 Å². The summed E-state index contributed by atoms with van der Waals surface area (Å²) in [6, 6.07) is 0. The van der Waals surface area contributed by atoms with Crippen LogP contribution in [0.15, 0.2) is 22.8 Å². The van der Waals surface area contributed by atoms with E-state index >= 15 is 0 Å². The van der Waals surface area contributed by atoms with Gasteiger partial charge in [0.05, 0.1) is 20.3 Å². The average molecular weight is 166 g/mol. The Hall–Kier alpha value is -1.09. The smallest absolute Gasteiger partial charge is 0.334 e. The van der Waals surface area contributed by atoms with Crippen molar-refractivity contribution in [1.82, 2.24) is 0 Å². The van der Waals surface area contributed by atoms with Gasteiger partial charge in [0.25, 0.3) is 0 Å². The fraction of sp³-hybridized carbons (Fsp3) is 0.444. The third-order valence-corrected chi connectivity index (χ3v) is 2.19. The molecule has 0 spiro atoms. The minimum atomic E-state index is -0.218. The van der Waals surface area contributed by atoms with E-state index in [1.54, 1.807) is 0 Å². The number of carbonyl (C=O) groups is 1. The van der Waals surface area contributed by atoms with Gasteiger partial charge < -0.3 is 9.47 Å². The first-order chi connectivity index (χ1) is 5.81. The molecule has 2 rings (SSSR count). The van der Waals surface area contributed by atoms with Crippen molar-refractivity contribution in [1.29, 1.82) is 0 Å². The topological polar surface area (TPSA) is 35.5 Å². The van der Waals surface area contributed by atoms with Crippen molar-refractivity contribution >= 4 is 5.97 Å². The normalized spacial score (nSPS) is 20.9. The lowest BCUT2D eigenvalue weighted by Crippen LogP contribution is -2.04. The van der Waals surface area contributed by atoms with Crippen LogP contribution in [0.1, 0.15) is 6.42 Å². The predicted octanol–water partition coefficient (Wildman–Crippen LogP) is 0.816. The van der Waals surface area contributed by atoms with E-state index in [0.717, 1.165) is 11.1 Å². The van der Waals surface area contributed by atoms with Gasteiger partial charge >= 0.3 is 5.97 Å². The zero-order valence-corrected chi connectivity index (χ0v) is 6.92. The highest BCUT2D eigenvalue weighted by Gasteiger charge is 2.24. The standard InChI is InChI=1S/C9H10O3/c1-11-9(10)6-2-7-4-12-5-8(7)3-6/h2H,3-5H2,1H3. The molecule has 0 amide bonds. The number of carbonyl (C=O) groups excluding carboxylic acids is 1. The minimum absolute atomic E-state index is 0.218. The summed E-state index contributed by atoms with van der Waals surface area (Å²) >= 11 is 0. The second-order valence-electron chi connectivity index (χ2n) is 2.96. The molecule has 0 aromatic carbocycles. The first-order valence-corrected chi connectivity index (χ1v) is 3.89. The number of methoxy groups -OCH3 is 1. The van der Waals surface area contributed by atoms with Gasteiger partial charge in [-0.1, -0.05) is 0 Å². The average Bonchev–Trinajstić information content (AvgIpc) is 2.60. The van der Waals surface area contributed by atoms with Crippen LogP contribution in [-0.4, -0.2) is 26.3 Å². The molecule has 1 heterocycles. The Morgan fingerprint density at radius 1 is 1.58 bits per heavy atom. The molecule has 1 aliphatic carbocycles. The number of rotatable bonds is 1. The summed E-state index contributed by atoms with van der Waals surface area (Å²) in [5.41, 5.74) is 3.15. The van der Waals surface area contributed by atoms with Crippen molar-refractivity contribution in [3.63, 3.8) is 0 Å². The fourth-order valence-corrected chi connectivity index (χ4v) is 1.54. The zero-order chi connectivity index (χ0) is 8.55. The molecule has 1 aliphatic heterocycles. The van der Waals surface area contributed by atoms with Crippen molar-refractivity contribution in [3.8, 4) is 0 Å². The summed E-state index contributed by atoms with van der Waals surface area (Å²) in [6.07, 6.45) is 2.59. The lowest BCUT2D eigenvalue weighted by molar-refractivity contribution is -0.136. The van der Waals surface area contributed by atoms with Gasteiger partial charge in [-0.15, -0.1) is 0 Å². The molecule has 12 heavy (non-hydrogen) atoms. The number of hydrogen-bond acceptors (Lipinski definition) is 3. The van der Waals surface area contributed by atoms with Gasteiger partial charge in [-0.3, -0.25) is 0 Å². The summed E-state index contributed by atoms with van der Waals surface area (Å²) in [4.78, 5) is 11.1. The Morgan fingerprint density at radius 2 is 2.42 bits per heavy atom. The van der Waals surface area contributed by atoms with E-state index < -0.39 is 0 Å². The SMILES string of the molecule is COC(=O)C1=CC2=C(COC2)C1. The van der Waals surface area contributed by atoms with Crippen molar-refractivity contribution in [2.24, 2.45) is 0 Å². The molecule has 0 aromatic heterocycles. The Balaban J connectivity index is 2.13. The highest BCUT2D eigenvalue weighted by molar-refractivity contribution is 5.90.